The van der Waals surface area contributed by atoms with Crippen LogP contribution in [0.25, 0.3) is 0 Å². The summed E-state index contributed by atoms with van der Waals surface area (Å²) in [6.07, 6.45) is 0.882. The highest BCUT2D eigenvalue weighted by molar-refractivity contribution is 4.98. The van der Waals surface area contributed by atoms with Gasteiger partial charge in [0.05, 0.1) is 6.04 Å². The lowest BCUT2D eigenvalue weighted by atomic mass is 10.2. The van der Waals surface area contributed by atoms with E-state index in [1.807, 2.05) is 6.92 Å². The summed E-state index contributed by atoms with van der Waals surface area (Å²) in [7, 11) is 0. The van der Waals surface area contributed by atoms with Crippen LogP contribution in [-0.2, 0) is 0 Å². The summed E-state index contributed by atoms with van der Waals surface area (Å²) in [6, 6.07) is -0.00926. The summed E-state index contributed by atoms with van der Waals surface area (Å²) in [4.78, 5) is 4.29. The van der Waals surface area contributed by atoms with Gasteiger partial charge in [0.15, 0.2) is 5.82 Å². The summed E-state index contributed by atoms with van der Waals surface area (Å²) in [5.74, 6) is 1.99. The topological polar surface area (TPSA) is 67.6 Å². The lowest BCUT2D eigenvalue weighted by Crippen LogP contribution is -2.10. The van der Waals surface area contributed by atoms with Crippen LogP contribution in [0, 0.1) is 0 Å². The number of H-pyrrole nitrogens is 1. The first-order valence-electron chi connectivity index (χ1n) is 4.33. The Balaban J connectivity index is 2.77. The molecule has 0 aliphatic carbocycles. The molecule has 3 N–H and O–H groups in total. The Hall–Kier alpha value is -0.900. The molecule has 0 spiro atoms. The molecule has 1 aromatic heterocycles. The Morgan fingerprint density at radius 2 is 2.17 bits per heavy atom. The second kappa shape index (κ2) is 3.67. The van der Waals surface area contributed by atoms with E-state index in [9.17, 15) is 0 Å². The Morgan fingerprint density at radius 3 is 2.58 bits per heavy atom. The smallest absolute Gasteiger partial charge is 0.153 e. The van der Waals surface area contributed by atoms with Gasteiger partial charge in [0.2, 0.25) is 0 Å². The third-order valence-corrected chi connectivity index (χ3v) is 1.83. The van der Waals surface area contributed by atoms with Crippen molar-refractivity contribution in [1.29, 1.82) is 0 Å². The molecule has 1 aromatic rings. The molecule has 0 saturated carbocycles. The summed E-state index contributed by atoms with van der Waals surface area (Å²) < 4.78 is 0. The second-order valence-corrected chi connectivity index (χ2v) is 3.25. The van der Waals surface area contributed by atoms with Crippen molar-refractivity contribution in [3.05, 3.63) is 11.6 Å². The number of hydrogen-bond donors (Lipinski definition) is 2. The van der Waals surface area contributed by atoms with Crippen molar-refractivity contribution in [3.8, 4) is 0 Å². The van der Waals surface area contributed by atoms with Crippen LogP contribution in [0.1, 0.15) is 50.8 Å². The van der Waals surface area contributed by atoms with Gasteiger partial charge < -0.3 is 5.73 Å². The van der Waals surface area contributed by atoms with Crippen molar-refractivity contribution in [2.24, 2.45) is 5.73 Å². The van der Waals surface area contributed by atoms with Crippen molar-refractivity contribution in [2.45, 2.75) is 39.2 Å². The molecule has 0 aliphatic rings. The van der Waals surface area contributed by atoms with E-state index in [2.05, 4.69) is 29.0 Å². The van der Waals surface area contributed by atoms with Crippen LogP contribution in [0.4, 0.5) is 0 Å². The number of aromatic nitrogens is 3. The summed E-state index contributed by atoms with van der Waals surface area (Å²) in [5, 5.41) is 6.92. The van der Waals surface area contributed by atoms with Gasteiger partial charge in [-0.05, 0) is 6.42 Å². The summed E-state index contributed by atoms with van der Waals surface area (Å²) >= 11 is 0. The van der Waals surface area contributed by atoms with Crippen LogP contribution in [-0.4, -0.2) is 15.2 Å². The minimum Gasteiger partial charge on any atom is -0.321 e. The van der Waals surface area contributed by atoms with E-state index in [0.717, 1.165) is 18.1 Å². The molecule has 12 heavy (non-hydrogen) atoms. The molecular weight excluding hydrogens is 152 g/mol. The van der Waals surface area contributed by atoms with E-state index < -0.39 is 0 Å². The van der Waals surface area contributed by atoms with Crippen LogP contribution < -0.4 is 5.73 Å². The average molecular weight is 168 g/mol. The normalized spacial score (nSPS) is 13.8. The van der Waals surface area contributed by atoms with Crippen LogP contribution in [0.15, 0.2) is 0 Å². The molecule has 0 saturated heterocycles. The van der Waals surface area contributed by atoms with Gasteiger partial charge in [0.25, 0.3) is 0 Å². The molecule has 0 radical (unpaired) electrons. The zero-order valence-corrected chi connectivity index (χ0v) is 7.83. The van der Waals surface area contributed by atoms with Gasteiger partial charge >= 0.3 is 0 Å². The van der Waals surface area contributed by atoms with E-state index in [1.165, 1.54) is 0 Å². The highest BCUT2D eigenvalue weighted by atomic mass is 15.2. The van der Waals surface area contributed by atoms with Crippen molar-refractivity contribution in [1.82, 2.24) is 15.2 Å². The van der Waals surface area contributed by atoms with Gasteiger partial charge in [0.1, 0.15) is 5.82 Å². The van der Waals surface area contributed by atoms with Crippen LogP contribution >= 0.6 is 0 Å². The number of rotatable bonds is 3. The number of nitrogens with two attached hydrogens (primary N) is 1. The van der Waals surface area contributed by atoms with Crippen molar-refractivity contribution < 1.29 is 0 Å². The average Bonchev–Trinajstić information content (AvgIpc) is 2.51. The number of nitrogens with one attached hydrogen (secondary N) is 1. The maximum Gasteiger partial charge on any atom is 0.153 e. The standard InChI is InChI=1S/C8H16N4/c1-4-6(9)8-10-7(5(2)3)11-12-8/h5-6H,4,9H2,1-3H3,(H,10,11,12)/t6-/m1/s1. The predicted molar refractivity (Wildman–Crippen MR) is 47.7 cm³/mol. The molecule has 1 atom stereocenters. The third kappa shape index (κ3) is 1.82. The van der Waals surface area contributed by atoms with E-state index in [1.54, 1.807) is 0 Å². The van der Waals surface area contributed by atoms with Gasteiger partial charge in [-0.15, -0.1) is 0 Å². The van der Waals surface area contributed by atoms with Crippen molar-refractivity contribution in [3.63, 3.8) is 0 Å². The van der Waals surface area contributed by atoms with Crippen LogP contribution in [0.5, 0.6) is 0 Å². The first-order chi connectivity index (χ1) is 5.65. The van der Waals surface area contributed by atoms with Gasteiger partial charge in [-0.1, -0.05) is 20.8 Å². The lowest BCUT2D eigenvalue weighted by molar-refractivity contribution is 0.651. The first kappa shape index (κ1) is 9.19. The largest absolute Gasteiger partial charge is 0.321 e. The quantitative estimate of drug-likeness (QED) is 0.715. The van der Waals surface area contributed by atoms with Gasteiger partial charge in [0, 0.05) is 5.92 Å². The molecule has 4 nitrogen and oxygen atoms in total. The molecule has 1 rings (SSSR count). The summed E-state index contributed by atoms with van der Waals surface area (Å²) in [5.41, 5.74) is 5.77. The molecule has 0 amide bonds. The van der Waals surface area contributed by atoms with Gasteiger partial charge in [-0.25, -0.2) is 4.98 Å². The number of hydrogen-bond acceptors (Lipinski definition) is 3. The minimum absolute atomic E-state index is 0.00926. The lowest BCUT2D eigenvalue weighted by Gasteiger charge is -2.01. The monoisotopic (exact) mass is 168 g/mol. The number of nitrogens with zero attached hydrogens (tertiary/aromatic N) is 2. The molecule has 0 unspecified atom stereocenters. The molecular formula is C8H16N4. The maximum atomic E-state index is 5.77. The predicted octanol–water partition coefficient (Wildman–Crippen LogP) is 1.34. The van der Waals surface area contributed by atoms with Gasteiger partial charge in [-0.2, -0.15) is 5.10 Å². The van der Waals surface area contributed by atoms with Crippen molar-refractivity contribution >= 4 is 0 Å². The van der Waals surface area contributed by atoms with E-state index in [0.29, 0.717) is 5.92 Å². The SMILES string of the molecule is CC[C@@H](N)c1nc(C(C)C)n[nH]1. The van der Waals surface area contributed by atoms with Crippen LogP contribution in [0.2, 0.25) is 0 Å². The highest BCUT2D eigenvalue weighted by Crippen LogP contribution is 2.12. The third-order valence-electron chi connectivity index (χ3n) is 1.83. The number of aromatic amines is 1. The fourth-order valence-corrected chi connectivity index (χ4v) is 0.905. The zero-order valence-electron chi connectivity index (χ0n) is 7.83. The molecule has 0 bridgehead atoms. The van der Waals surface area contributed by atoms with Gasteiger partial charge in [-0.3, -0.25) is 5.10 Å². The first-order valence-corrected chi connectivity index (χ1v) is 4.33. The Kier molecular flexibility index (Phi) is 2.81. The molecule has 4 heteroatoms. The maximum absolute atomic E-state index is 5.77. The van der Waals surface area contributed by atoms with E-state index in [4.69, 9.17) is 5.73 Å². The Labute approximate surface area is 72.6 Å². The summed E-state index contributed by atoms with van der Waals surface area (Å²) in [6.45, 7) is 6.15. The van der Waals surface area contributed by atoms with E-state index >= 15 is 0 Å². The van der Waals surface area contributed by atoms with Crippen LogP contribution in [0.3, 0.4) is 0 Å². The highest BCUT2D eigenvalue weighted by Gasteiger charge is 2.10. The fraction of sp³-hybridized carbons (Fsp3) is 0.750. The fourth-order valence-electron chi connectivity index (χ4n) is 0.905. The molecule has 0 aromatic carbocycles. The zero-order chi connectivity index (χ0) is 9.14. The molecule has 0 fully saturated rings. The Bertz CT molecular complexity index is 241. The van der Waals surface area contributed by atoms with Crippen molar-refractivity contribution in [2.75, 3.05) is 0 Å². The molecule has 0 aliphatic heterocycles. The van der Waals surface area contributed by atoms with E-state index in [-0.39, 0.29) is 6.04 Å². The minimum atomic E-state index is -0.00926. The molecule has 1 heterocycles. The second-order valence-electron chi connectivity index (χ2n) is 3.25. The Morgan fingerprint density at radius 1 is 1.50 bits per heavy atom. The molecule has 68 valence electrons.